The van der Waals surface area contributed by atoms with Gasteiger partial charge in [0.1, 0.15) is 11.8 Å². The Morgan fingerprint density at radius 3 is 2.23 bits per heavy atom. The summed E-state index contributed by atoms with van der Waals surface area (Å²) in [5.74, 6) is 0.301. The number of hydrogen-bond donors (Lipinski definition) is 2. The lowest BCUT2D eigenvalue weighted by Gasteiger charge is -2.34. The highest BCUT2D eigenvalue weighted by molar-refractivity contribution is 5.84. The number of piperazine rings is 1. The number of allylic oxidation sites excluding steroid dienone is 1. The van der Waals surface area contributed by atoms with Crippen molar-refractivity contribution in [3.8, 4) is 16.9 Å². The fourth-order valence-corrected chi connectivity index (χ4v) is 4.96. The van der Waals surface area contributed by atoms with E-state index in [1.54, 1.807) is 17.2 Å². The Labute approximate surface area is 183 Å². The smallest absolute Gasteiger partial charge is 0.140 e. The molecule has 31 heavy (non-hydrogen) atoms. The minimum atomic E-state index is 0.301. The molecule has 2 N–H and O–H groups in total. The van der Waals surface area contributed by atoms with Gasteiger partial charge in [-0.3, -0.25) is 5.01 Å². The van der Waals surface area contributed by atoms with Crippen molar-refractivity contribution >= 4 is 6.21 Å². The third-order valence-electron chi connectivity index (χ3n) is 6.50. The van der Waals surface area contributed by atoms with Gasteiger partial charge in [-0.25, -0.2) is 0 Å². The minimum absolute atomic E-state index is 0.301. The third kappa shape index (κ3) is 3.64. The topological polar surface area (TPSA) is 40.3 Å². The number of rotatable bonds is 5. The number of nitrogens with zero attached hydrogens (tertiary/aromatic N) is 2. The number of hydrazone groups is 1. The highest BCUT2D eigenvalue weighted by Gasteiger charge is 2.37. The Balaban J connectivity index is 1.30. The summed E-state index contributed by atoms with van der Waals surface area (Å²) in [6.45, 7) is 7.63. The summed E-state index contributed by atoms with van der Waals surface area (Å²) in [4.78, 5) is 1.60. The van der Waals surface area contributed by atoms with E-state index in [4.69, 9.17) is 0 Å². The van der Waals surface area contributed by atoms with Gasteiger partial charge >= 0.3 is 0 Å². The van der Waals surface area contributed by atoms with E-state index in [-0.39, 0.29) is 0 Å². The molecule has 2 aliphatic rings. The Bertz CT molecular complexity index is 1080. The van der Waals surface area contributed by atoms with E-state index in [0.29, 0.717) is 18.2 Å². The van der Waals surface area contributed by atoms with Gasteiger partial charge in [0.25, 0.3) is 0 Å². The second kappa shape index (κ2) is 8.40. The number of phenols is 1. The van der Waals surface area contributed by atoms with E-state index >= 15 is 0 Å². The summed E-state index contributed by atoms with van der Waals surface area (Å²) >= 11 is 0. The molecule has 0 amide bonds. The maximum Gasteiger partial charge on any atom is 0.140 e. The predicted octanol–water partition coefficient (Wildman–Crippen LogP) is 3.43. The van der Waals surface area contributed by atoms with Crippen LogP contribution in [0.4, 0.5) is 0 Å². The molecule has 3 aromatic carbocycles. The van der Waals surface area contributed by atoms with Crippen LogP contribution in [0.3, 0.4) is 0 Å². The molecule has 0 bridgehead atoms. The highest BCUT2D eigenvalue weighted by atomic mass is 16.3. The first-order valence-corrected chi connectivity index (χ1v) is 11.0. The molecule has 1 heterocycles. The maximum atomic E-state index is 10.5. The van der Waals surface area contributed by atoms with Gasteiger partial charge in [-0.2, -0.15) is 5.10 Å². The lowest BCUT2D eigenvalue weighted by Crippen LogP contribution is -3.14. The Hall–Kier alpha value is -3.37. The number of nitrogens with one attached hydrogen (secondary N) is 1. The van der Waals surface area contributed by atoms with Crippen LogP contribution < -0.4 is 4.90 Å². The number of phenolic OH excluding ortho intramolecular Hbond substituents is 1. The average Bonchev–Trinajstić information content (AvgIpc) is 3.15. The van der Waals surface area contributed by atoms with Gasteiger partial charge in [0.15, 0.2) is 0 Å². The van der Waals surface area contributed by atoms with Crippen LogP contribution in [0.2, 0.25) is 0 Å². The predicted molar refractivity (Wildman–Crippen MR) is 126 cm³/mol. The molecule has 1 aliphatic heterocycles. The molecule has 0 radical (unpaired) electrons. The van der Waals surface area contributed by atoms with Crippen molar-refractivity contribution in [3.63, 3.8) is 0 Å². The fraction of sp³-hybridized carbons (Fsp3) is 0.222. The van der Waals surface area contributed by atoms with Crippen LogP contribution in [0.5, 0.6) is 5.75 Å². The third-order valence-corrected chi connectivity index (χ3v) is 6.50. The fourth-order valence-electron chi connectivity index (χ4n) is 4.96. The Morgan fingerprint density at radius 1 is 0.935 bits per heavy atom. The van der Waals surface area contributed by atoms with E-state index in [0.717, 1.165) is 37.3 Å². The summed E-state index contributed by atoms with van der Waals surface area (Å²) in [5, 5.41) is 17.3. The molecule has 3 aromatic rings. The number of fused-ring (bicyclic) bond motifs is 3. The van der Waals surface area contributed by atoms with Gasteiger partial charge in [0.05, 0.1) is 32.4 Å². The molecule has 0 aromatic heterocycles. The van der Waals surface area contributed by atoms with Crippen molar-refractivity contribution in [3.05, 3.63) is 102 Å². The first-order valence-electron chi connectivity index (χ1n) is 11.0. The van der Waals surface area contributed by atoms with Crippen LogP contribution in [-0.4, -0.2) is 42.5 Å². The summed E-state index contributed by atoms with van der Waals surface area (Å²) in [6.07, 6.45) is 4.24. The van der Waals surface area contributed by atoms with Crippen LogP contribution in [0.25, 0.3) is 11.1 Å². The second-order valence-corrected chi connectivity index (χ2v) is 8.31. The van der Waals surface area contributed by atoms with E-state index in [9.17, 15) is 5.11 Å². The van der Waals surface area contributed by atoms with Gasteiger partial charge < -0.3 is 10.0 Å². The SMILES string of the molecule is C=CCc1cccc(C=NN2CC[NH+](C3c4ccccc4-c4ccccc43)CC2)c1O. The monoisotopic (exact) mass is 410 g/mol. The van der Waals surface area contributed by atoms with Crippen LogP contribution in [-0.2, 0) is 6.42 Å². The number of benzene rings is 3. The van der Waals surface area contributed by atoms with Crippen molar-refractivity contribution in [2.45, 2.75) is 12.5 Å². The van der Waals surface area contributed by atoms with Crippen LogP contribution in [0, 0.1) is 0 Å². The molecule has 1 fully saturated rings. The zero-order chi connectivity index (χ0) is 21.2. The summed E-state index contributed by atoms with van der Waals surface area (Å²) in [5.41, 5.74) is 7.29. The molecule has 5 rings (SSSR count). The Kier molecular flexibility index (Phi) is 5.31. The molecule has 0 unspecified atom stereocenters. The molecule has 1 aliphatic carbocycles. The number of quaternary nitrogens is 1. The molecule has 1 saturated heterocycles. The average molecular weight is 411 g/mol. The van der Waals surface area contributed by atoms with Gasteiger partial charge in [-0.15, -0.1) is 6.58 Å². The molecular formula is C27H28N3O+. The lowest BCUT2D eigenvalue weighted by molar-refractivity contribution is -0.929. The molecule has 0 spiro atoms. The maximum absolute atomic E-state index is 10.5. The van der Waals surface area contributed by atoms with Crippen molar-refractivity contribution < 1.29 is 10.0 Å². The molecular weight excluding hydrogens is 382 g/mol. The zero-order valence-electron chi connectivity index (χ0n) is 17.7. The second-order valence-electron chi connectivity index (χ2n) is 8.31. The normalized spacial score (nSPS) is 16.5. The highest BCUT2D eigenvalue weighted by Crippen LogP contribution is 2.41. The summed E-state index contributed by atoms with van der Waals surface area (Å²) in [7, 11) is 0. The molecule has 0 atom stereocenters. The number of hydrogen-bond acceptors (Lipinski definition) is 3. The largest absolute Gasteiger partial charge is 0.507 e. The van der Waals surface area contributed by atoms with Gasteiger partial charge in [0, 0.05) is 16.7 Å². The van der Waals surface area contributed by atoms with Gasteiger partial charge in [-0.05, 0) is 29.2 Å². The van der Waals surface area contributed by atoms with Crippen molar-refractivity contribution in [1.82, 2.24) is 5.01 Å². The molecule has 156 valence electrons. The number of para-hydroxylation sites is 1. The van der Waals surface area contributed by atoms with Gasteiger partial charge in [-0.1, -0.05) is 66.7 Å². The van der Waals surface area contributed by atoms with Gasteiger partial charge in [0.2, 0.25) is 0 Å². The lowest BCUT2D eigenvalue weighted by atomic mass is 10.0. The number of aromatic hydroxyl groups is 1. The van der Waals surface area contributed by atoms with E-state index < -0.39 is 0 Å². The summed E-state index contributed by atoms with van der Waals surface area (Å²) in [6, 6.07) is 23.9. The first kappa shape index (κ1) is 19.6. The van der Waals surface area contributed by atoms with Crippen LogP contribution in [0.1, 0.15) is 28.3 Å². The van der Waals surface area contributed by atoms with Crippen molar-refractivity contribution in [2.75, 3.05) is 26.2 Å². The van der Waals surface area contributed by atoms with E-state index in [2.05, 4.69) is 65.2 Å². The zero-order valence-corrected chi connectivity index (χ0v) is 17.7. The van der Waals surface area contributed by atoms with Crippen molar-refractivity contribution in [2.24, 2.45) is 5.10 Å². The molecule has 4 heteroatoms. The minimum Gasteiger partial charge on any atom is -0.507 e. The first-order chi connectivity index (χ1) is 15.3. The molecule has 0 saturated carbocycles. The quantitative estimate of drug-likeness (QED) is 0.500. The Morgan fingerprint density at radius 2 is 1.58 bits per heavy atom. The van der Waals surface area contributed by atoms with Crippen molar-refractivity contribution in [1.29, 1.82) is 0 Å². The molecule has 4 nitrogen and oxygen atoms in total. The van der Waals surface area contributed by atoms with E-state index in [1.807, 2.05) is 18.2 Å². The standard InChI is InChI=1S/C27H27N3O/c1-2-8-20-9-7-10-21(27(20)31)19-28-30-17-15-29(16-18-30)26-24-13-5-3-11-22(24)23-12-4-6-14-25(23)26/h2-7,9-14,19,26,31H,1,8,15-18H2/p+1. The van der Waals surface area contributed by atoms with Crippen LogP contribution >= 0.6 is 0 Å². The van der Waals surface area contributed by atoms with E-state index in [1.165, 1.54) is 22.3 Å². The van der Waals surface area contributed by atoms with Crippen LogP contribution in [0.15, 0.2) is 84.5 Å². The summed E-state index contributed by atoms with van der Waals surface area (Å²) < 4.78 is 0.